The summed E-state index contributed by atoms with van der Waals surface area (Å²) in [4.78, 5) is 4.20. The third-order valence-corrected chi connectivity index (χ3v) is 3.54. The molecule has 8 heteroatoms. The Morgan fingerprint density at radius 2 is 1.45 bits per heavy atom. The van der Waals surface area contributed by atoms with E-state index in [0.717, 1.165) is 0 Å². The maximum atomic E-state index is 13.3. The third-order valence-electron chi connectivity index (χ3n) is 2.41. The Morgan fingerprint density at radius 1 is 0.900 bits per heavy atom. The van der Waals surface area contributed by atoms with Crippen molar-refractivity contribution in [1.82, 2.24) is 4.98 Å². The number of benzene rings is 1. The van der Waals surface area contributed by atoms with Gasteiger partial charge < -0.3 is 10.6 Å². The second-order valence-electron chi connectivity index (χ2n) is 3.78. The summed E-state index contributed by atoms with van der Waals surface area (Å²) in [6.45, 7) is 0. The van der Waals surface area contributed by atoms with Crippen molar-refractivity contribution in [2.45, 2.75) is 0 Å². The van der Waals surface area contributed by atoms with Gasteiger partial charge in [0.15, 0.2) is 11.6 Å². The molecule has 0 aliphatic heterocycles. The first-order valence-electron chi connectivity index (χ1n) is 5.37. The summed E-state index contributed by atoms with van der Waals surface area (Å²) in [5.41, 5.74) is 0.458. The lowest BCUT2D eigenvalue weighted by molar-refractivity contribution is 0.629. The fraction of sp³-hybridized carbons (Fsp3) is 0.0833. The molecule has 0 spiro atoms. The summed E-state index contributed by atoms with van der Waals surface area (Å²) in [5, 5.41) is 6.23. The average molecular weight is 355 g/mol. The molecule has 0 aliphatic rings. The molecule has 0 radical (unpaired) electrons. The van der Waals surface area contributed by atoms with E-state index in [1.165, 1.54) is 18.2 Å². The van der Waals surface area contributed by atoms with Gasteiger partial charge in [0.25, 0.3) is 0 Å². The highest BCUT2D eigenvalue weighted by Gasteiger charge is 2.11. The van der Waals surface area contributed by atoms with Crippen molar-refractivity contribution in [3.8, 4) is 0 Å². The van der Waals surface area contributed by atoms with E-state index >= 15 is 0 Å². The van der Waals surface area contributed by atoms with E-state index in [1.54, 1.807) is 7.05 Å². The molecule has 0 atom stereocenters. The third kappa shape index (κ3) is 3.20. The van der Waals surface area contributed by atoms with Crippen LogP contribution in [0, 0.1) is 5.82 Å². The Labute approximate surface area is 135 Å². The monoisotopic (exact) mass is 353 g/mol. The number of nitrogens with zero attached hydrogens (tertiary/aromatic N) is 1. The minimum absolute atomic E-state index is 0.0982. The predicted molar refractivity (Wildman–Crippen MR) is 83.5 cm³/mol. The summed E-state index contributed by atoms with van der Waals surface area (Å²) < 4.78 is 13.3. The zero-order valence-electron chi connectivity index (χ0n) is 10.1. The van der Waals surface area contributed by atoms with Gasteiger partial charge in [-0.05, 0) is 18.2 Å². The smallest absolute Gasteiger partial charge is 0.160 e. The highest BCUT2D eigenvalue weighted by atomic mass is 35.5. The minimum atomic E-state index is -0.676. The maximum Gasteiger partial charge on any atom is 0.160 e. The summed E-state index contributed by atoms with van der Waals surface area (Å²) in [6, 6.07) is 4.31. The summed E-state index contributed by atoms with van der Waals surface area (Å²) in [7, 11) is 1.68. The largest absolute Gasteiger partial charge is 0.372 e. The number of nitrogens with one attached hydrogen (secondary N) is 2. The summed E-state index contributed by atoms with van der Waals surface area (Å²) >= 11 is 23.4. The second kappa shape index (κ2) is 6.22. The van der Waals surface area contributed by atoms with Gasteiger partial charge in [-0.25, -0.2) is 9.37 Å². The molecule has 2 N–H and O–H groups in total. The van der Waals surface area contributed by atoms with Crippen LogP contribution in [0.25, 0.3) is 0 Å². The first-order valence-corrected chi connectivity index (χ1v) is 6.89. The van der Waals surface area contributed by atoms with E-state index in [9.17, 15) is 4.39 Å². The van der Waals surface area contributed by atoms with E-state index < -0.39 is 5.82 Å². The van der Waals surface area contributed by atoms with Gasteiger partial charge in [0.1, 0.15) is 5.82 Å². The van der Waals surface area contributed by atoms with Crippen molar-refractivity contribution < 1.29 is 4.39 Å². The normalized spacial score (nSPS) is 10.5. The number of halogens is 5. The van der Waals surface area contributed by atoms with Gasteiger partial charge in [-0.1, -0.05) is 46.4 Å². The SMILES string of the molecule is CNc1nc(Nc2cc(Cl)c(F)c(Cl)c2)c(Cl)cc1Cl. The molecule has 0 unspecified atom stereocenters. The number of pyridine rings is 1. The summed E-state index contributed by atoms with van der Waals surface area (Å²) in [6.07, 6.45) is 0. The Hall–Kier alpha value is -0.940. The highest BCUT2D eigenvalue weighted by molar-refractivity contribution is 6.37. The first-order chi connectivity index (χ1) is 9.42. The van der Waals surface area contributed by atoms with Gasteiger partial charge in [-0.15, -0.1) is 0 Å². The van der Waals surface area contributed by atoms with Crippen molar-refractivity contribution in [2.75, 3.05) is 17.7 Å². The molecule has 0 amide bonds. The standard InChI is InChI=1S/C12H8Cl4FN3/c1-18-11-8(15)4-9(16)12(20-11)19-5-2-6(13)10(17)7(14)3-5/h2-4H,1H3,(H2,18,19,20). The van der Waals surface area contributed by atoms with E-state index in [-0.39, 0.29) is 10.0 Å². The topological polar surface area (TPSA) is 37.0 Å². The summed E-state index contributed by atoms with van der Waals surface area (Å²) in [5.74, 6) is 0.127. The molecule has 0 aliphatic carbocycles. The molecule has 20 heavy (non-hydrogen) atoms. The molecule has 1 heterocycles. The van der Waals surface area contributed by atoms with Crippen molar-refractivity contribution in [1.29, 1.82) is 0 Å². The van der Waals surface area contributed by atoms with Crippen molar-refractivity contribution in [3.05, 3.63) is 44.1 Å². The molecule has 0 bridgehead atoms. The Balaban J connectivity index is 2.39. The van der Waals surface area contributed by atoms with Crippen molar-refractivity contribution >= 4 is 63.7 Å². The van der Waals surface area contributed by atoms with Gasteiger partial charge in [0.05, 0.1) is 20.1 Å². The first kappa shape index (κ1) is 15.4. The zero-order valence-corrected chi connectivity index (χ0v) is 13.1. The second-order valence-corrected chi connectivity index (χ2v) is 5.41. The Bertz CT molecular complexity index is 640. The van der Waals surface area contributed by atoms with E-state index in [0.29, 0.717) is 27.4 Å². The molecule has 2 aromatic rings. The lowest BCUT2D eigenvalue weighted by atomic mass is 10.3. The minimum Gasteiger partial charge on any atom is -0.372 e. The molecule has 1 aromatic carbocycles. The van der Waals surface area contributed by atoms with Crippen LogP contribution in [0.2, 0.25) is 20.1 Å². The average Bonchev–Trinajstić information content (AvgIpc) is 2.39. The van der Waals surface area contributed by atoms with Gasteiger partial charge in [0.2, 0.25) is 0 Å². The van der Waals surface area contributed by atoms with E-state index in [4.69, 9.17) is 46.4 Å². The van der Waals surface area contributed by atoms with Crippen LogP contribution in [0.1, 0.15) is 0 Å². The predicted octanol–water partition coefficient (Wildman–Crippen LogP) is 5.62. The van der Waals surface area contributed by atoms with Crippen LogP contribution in [0.5, 0.6) is 0 Å². The fourth-order valence-corrected chi connectivity index (χ4v) is 2.48. The van der Waals surface area contributed by atoms with Crippen LogP contribution in [0.3, 0.4) is 0 Å². The van der Waals surface area contributed by atoms with Gasteiger partial charge in [0, 0.05) is 12.7 Å². The zero-order chi connectivity index (χ0) is 14.9. The molecule has 2 rings (SSSR count). The molecule has 0 saturated carbocycles. The molecule has 0 fully saturated rings. The van der Waals surface area contributed by atoms with Crippen LogP contribution >= 0.6 is 46.4 Å². The highest BCUT2D eigenvalue weighted by Crippen LogP contribution is 2.33. The van der Waals surface area contributed by atoms with Gasteiger partial charge in [-0.2, -0.15) is 0 Å². The van der Waals surface area contributed by atoms with Crippen LogP contribution < -0.4 is 10.6 Å². The number of aromatic nitrogens is 1. The van der Waals surface area contributed by atoms with Crippen LogP contribution in [-0.2, 0) is 0 Å². The number of hydrogen-bond acceptors (Lipinski definition) is 3. The van der Waals surface area contributed by atoms with E-state index in [1.807, 2.05) is 0 Å². The van der Waals surface area contributed by atoms with Crippen molar-refractivity contribution in [2.24, 2.45) is 0 Å². The van der Waals surface area contributed by atoms with Gasteiger partial charge in [-0.3, -0.25) is 0 Å². The van der Waals surface area contributed by atoms with Crippen LogP contribution in [0.4, 0.5) is 21.7 Å². The quantitative estimate of drug-likeness (QED) is 0.702. The lowest BCUT2D eigenvalue weighted by Crippen LogP contribution is -2.00. The van der Waals surface area contributed by atoms with E-state index in [2.05, 4.69) is 15.6 Å². The van der Waals surface area contributed by atoms with Crippen LogP contribution in [0.15, 0.2) is 18.2 Å². The molecule has 1 aromatic heterocycles. The van der Waals surface area contributed by atoms with Crippen molar-refractivity contribution in [3.63, 3.8) is 0 Å². The molecule has 3 nitrogen and oxygen atoms in total. The number of rotatable bonds is 3. The Morgan fingerprint density at radius 3 is 2.00 bits per heavy atom. The number of anilines is 3. The molecular weight excluding hydrogens is 347 g/mol. The lowest BCUT2D eigenvalue weighted by Gasteiger charge is -2.11. The molecular formula is C12H8Cl4FN3. The number of hydrogen-bond donors (Lipinski definition) is 2. The fourth-order valence-electron chi connectivity index (χ4n) is 1.49. The Kier molecular flexibility index (Phi) is 4.81. The molecule has 106 valence electrons. The molecule has 0 saturated heterocycles. The van der Waals surface area contributed by atoms with Gasteiger partial charge >= 0.3 is 0 Å². The van der Waals surface area contributed by atoms with Crippen LogP contribution in [-0.4, -0.2) is 12.0 Å². The maximum absolute atomic E-state index is 13.3.